The number of benzene rings is 2. The van der Waals surface area contributed by atoms with Gasteiger partial charge in [-0.05, 0) is 24.6 Å². The molecule has 3 nitrogen and oxygen atoms in total. The molecule has 0 spiro atoms. The van der Waals surface area contributed by atoms with Gasteiger partial charge in [0.15, 0.2) is 5.43 Å². The average Bonchev–Trinajstić information content (AvgIpc) is 2.36. The Hall–Kier alpha value is -2.00. The molecule has 0 aliphatic heterocycles. The second-order valence-corrected chi connectivity index (χ2v) is 4.66. The van der Waals surface area contributed by atoms with E-state index in [9.17, 15) is 9.90 Å². The molecule has 0 unspecified atom stereocenters. The standard InChI is InChI=1S/C14H10ClNO2/c1-7-9(15)6-11(17)13-12(7)14(18)8-4-2-3-5-10(8)16-13/h2-6,17H,1H3,(H,16,18). The largest absolute Gasteiger partial charge is 0.506 e. The van der Waals surface area contributed by atoms with E-state index in [-0.39, 0.29) is 11.2 Å². The highest BCUT2D eigenvalue weighted by Crippen LogP contribution is 2.31. The third-order valence-corrected chi connectivity index (χ3v) is 3.55. The van der Waals surface area contributed by atoms with Gasteiger partial charge in [0, 0.05) is 22.0 Å². The lowest BCUT2D eigenvalue weighted by Crippen LogP contribution is -2.06. The molecule has 0 aliphatic rings. The number of aromatic amines is 1. The Labute approximate surface area is 108 Å². The van der Waals surface area contributed by atoms with E-state index in [1.54, 1.807) is 19.1 Å². The number of para-hydroxylation sites is 1. The zero-order valence-electron chi connectivity index (χ0n) is 9.62. The maximum atomic E-state index is 12.4. The van der Waals surface area contributed by atoms with Gasteiger partial charge in [-0.25, -0.2) is 0 Å². The van der Waals surface area contributed by atoms with Crippen LogP contribution in [0.5, 0.6) is 5.75 Å². The van der Waals surface area contributed by atoms with Crippen LogP contribution in [0.15, 0.2) is 35.1 Å². The molecule has 0 amide bonds. The number of fused-ring (bicyclic) bond motifs is 2. The van der Waals surface area contributed by atoms with Gasteiger partial charge in [0.25, 0.3) is 0 Å². The van der Waals surface area contributed by atoms with E-state index in [2.05, 4.69) is 4.98 Å². The first kappa shape index (κ1) is 11.1. The predicted octanol–water partition coefficient (Wildman–Crippen LogP) is 3.35. The Kier molecular flexibility index (Phi) is 2.31. The summed E-state index contributed by atoms with van der Waals surface area (Å²) in [4.78, 5) is 15.5. The number of nitrogens with one attached hydrogen (secondary N) is 1. The van der Waals surface area contributed by atoms with E-state index in [1.165, 1.54) is 6.07 Å². The molecule has 0 radical (unpaired) electrons. The Morgan fingerprint density at radius 3 is 2.78 bits per heavy atom. The number of rotatable bonds is 0. The number of phenols is 1. The van der Waals surface area contributed by atoms with Crippen LogP contribution in [0.2, 0.25) is 5.02 Å². The second kappa shape index (κ2) is 3.75. The summed E-state index contributed by atoms with van der Waals surface area (Å²) in [5.41, 5.74) is 1.69. The Morgan fingerprint density at radius 2 is 2.00 bits per heavy atom. The highest BCUT2D eigenvalue weighted by molar-refractivity contribution is 6.32. The SMILES string of the molecule is Cc1c(Cl)cc(O)c2[nH]c3ccccc3c(=O)c12. The minimum atomic E-state index is -0.116. The molecule has 1 aromatic heterocycles. The van der Waals surface area contributed by atoms with E-state index < -0.39 is 0 Å². The summed E-state index contributed by atoms with van der Waals surface area (Å²) in [7, 11) is 0. The highest BCUT2D eigenvalue weighted by Gasteiger charge is 2.13. The zero-order valence-corrected chi connectivity index (χ0v) is 10.4. The molecule has 0 saturated carbocycles. The van der Waals surface area contributed by atoms with E-state index >= 15 is 0 Å². The fourth-order valence-electron chi connectivity index (χ4n) is 2.21. The van der Waals surface area contributed by atoms with Gasteiger partial charge in [-0.1, -0.05) is 23.7 Å². The number of phenolic OH excluding ortho intramolecular Hbond substituents is 1. The van der Waals surface area contributed by atoms with Crippen molar-refractivity contribution in [2.75, 3.05) is 0 Å². The lowest BCUT2D eigenvalue weighted by molar-refractivity contribution is 0.480. The monoisotopic (exact) mass is 259 g/mol. The molecule has 2 aromatic carbocycles. The first-order valence-electron chi connectivity index (χ1n) is 5.52. The molecular formula is C14H10ClNO2. The van der Waals surface area contributed by atoms with Crippen molar-refractivity contribution in [2.24, 2.45) is 0 Å². The average molecular weight is 260 g/mol. The normalized spacial score (nSPS) is 11.2. The predicted molar refractivity (Wildman–Crippen MR) is 73.5 cm³/mol. The number of hydrogen-bond donors (Lipinski definition) is 2. The van der Waals surface area contributed by atoms with E-state index in [0.717, 1.165) is 0 Å². The van der Waals surface area contributed by atoms with Crippen LogP contribution < -0.4 is 5.43 Å². The van der Waals surface area contributed by atoms with Gasteiger partial charge in [0.2, 0.25) is 0 Å². The summed E-state index contributed by atoms with van der Waals surface area (Å²) in [5, 5.41) is 11.3. The second-order valence-electron chi connectivity index (χ2n) is 4.25. The maximum Gasteiger partial charge on any atom is 0.197 e. The number of H-pyrrole nitrogens is 1. The molecule has 0 fully saturated rings. The lowest BCUT2D eigenvalue weighted by atomic mass is 10.1. The summed E-state index contributed by atoms with van der Waals surface area (Å²) in [6, 6.07) is 8.65. The quantitative estimate of drug-likeness (QED) is 0.608. The van der Waals surface area contributed by atoms with Crippen LogP contribution in [-0.4, -0.2) is 10.1 Å². The molecule has 0 atom stereocenters. The van der Waals surface area contributed by atoms with Crippen molar-refractivity contribution in [3.8, 4) is 5.75 Å². The molecule has 18 heavy (non-hydrogen) atoms. The molecule has 90 valence electrons. The number of aromatic nitrogens is 1. The van der Waals surface area contributed by atoms with E-state index in [0.29, 0.717) is 32.4 Å². The lowest BCUT2D eigenvalue weighted by Gasteiger charge is -2.08. The van der Waals surface area contributed by atoms with Crippen LogP contribution in [0.25, 0.3) is 21.8 Å². The van der Waals surface area contributed by atoms with Crippen LogP contribution in [0.4, 0.5) is 0 Å². The molecule has 4 heteroatoms. The van der Waals surface area contributed by atoms with Gasteiger partial charge in [-0.15, -0.1) is 0 Å². The number of hydrogen-bond acceptors (Lipinski definition) is 2. The molecular weight excluding hydrogens is 250 g/mol. The molecule has 1 heterocycles. The van der Waals surface area contributed by atoms with Crippen molar-refractivity contribution in [1.29, 1.82) is 0 Å². The number of aryl methyl sites for hydroxylation is 1. The van der Waals surface area contributed by atoms with Crippen molar-refractivity contribution < 1.29 is 5.11 Å². The van der Waals surface area contributed by atoms with Gasteiger partial charge in [0.1, 0.15) is 5.75 Å². The summed E-state index contributed by atoms with van der Waals surface area (Å²) >= 11 is 6.00. The van der Waals surface area contributed by atoms with Crippen molar-refractivity contribution in [3.05, 3.63) is 51.1 Å². The van der Waals surface area contributed by atoms with E-state index in [4.69, 9.17) is 11.6 Å². The minimum Gasteiger partial charge on any atom is -0.506 e. The fraction of sp³-hybridized carbons (Fsp3) is 0.0714. The van der Waals surface area contributed by atoms with Gasteiger partial charge >= 0.3 is 0 Å². The fourth-order valence-corrected chi connectivity index (χ4v) is 2.40. The van der Waals surface area contributed by atoms with Crippen LogP contribution in [0.3, 0.4) is 0 Å². The first-order chi connectivity index (χ1) is 8.59. The summed E-state index contributed by atoms with van der Waals surface area (Å²) in [6.07, 6.45) is 0. The summed E-state index contributed by atoms with van der Waals surface area (Å²) < 4.78 is 0. The smallest absolute Gasteiger partial charge is 0.197 e. The molecule has 0 bridgehead atoms. The molecule has 0 aliphatic carbocycles. The van der Waals surface area contributed by atoms with Gasteiger partial charge in [-0.2, -0.15) is 0 Å². The van der Waals surface area contributed by atoms with Crippen molar-refractivity contribution in [2.45, 2.75) is 6.92 Å². The third-order valence-electron chi connectivity index (χ3n) is 3.16. The Bertz CT molecular complexity index is 836. The summed E-state index contributed by atoms with van der Waals surface area (Å²) in [6.45, 7) is 1.77. The maximum absolute atomic E-state index is 12.4. The third kappa shape index (κ3) is 1.41. The highest BCUT2D eigenvalue weighted by atomic mass is 35.5. The number of pyridine rings is 1. The number of halogens is 1. The summed E-state index contributed by atoms with van der Waals surface area (Å²) in [5.74, 6) is -0.0107. The van der Waals surface area contributed by atoms with Gasteiger partial charge < -0.3 is 10.1 Å². The Morgan fingerprint density at radius 1 is 1.28 bits per heavy atom. The van der Waals surface area contributed by atoms with Crippen LogP contribution >= 0.6 is 11.6 Å². The minimum absolute atomic E-state index is 0.0107. The van der Waals surface area contributed by atoms with Gasteiger partial charge in [0.05, 0.1) is 10.9 Å². The topological polar surface area (TPSA) is 53.1 Å². The van der Waals surface area contributed by atoms with Crippen LogP contribution in [-0.2, 0) is 0 Å². The van der Waals surface area contributed by atoms with E-state index in [1.807, 2.05) is 12.1 Å². The molecule has 0 saturated heterocycles. The first-order valence-corrected chi connectivity index (χ1v) is 5.90. The molecule has 3 rings (SSSR count). The molecule has 3 aromatic rings. The van der Waals surface area contributed by atoms with Gasteiger partial charge in [-0.3, -0.25) is 4.79 Å². The van der Waals surface area contributed by atoms with Crippen LogP contribution in [0.1, 0.15) is 5.56 Å². The van der Waals surface area contributed by atoms with Crippen molar-refractivity contribution in [1.82, 2.24) is 4.98 Å². The van der Waals surface area contributed by atoms with Crippen LogP contribution in [0, 0.1) is 6.92 Å². The Balaban J connectivity index is 2.69. The molecule has 2 N–H and O–H groups in total. The van der Waals surface area contributed by atoms with Crippen molar-refractivity contribution in [3.63, 3.8) is 0 Å². The zero-order chi connectivity index (χ0) is 12.9. The van der Waals surface area contributed by atoms with Crippen molar-refractivity contribution >= 4 is 33.4 Å². The number of aromatic hydroxyl groups is 1.